The van der Waals surface area contributed by atoms with Crippen LogP contribution in [0.4, 0.5) is 4.39 Å². The van der Waals surface area contributed by atoms with Crippen LogP contribution in [0.15, 0.2) is 40.9 Å². The van der Waals surface area contributed by atoms with Gasteiger partial charge < -0.3 is 9.09 Å². The van der Waals surface area contributed by atoms with Gasteiger partial charge in [-0.1, -0.05) is 17.3 Å². The minimum atomic E-state index is -0.239. The lowest BCUT2D eigenvalue weighted by molar-refractivity contribution is 0.0829. The molecule has 0 unspecified atom stereocenters. The summed E-state index contributed by atoms with van der Waals surface area (Å²) in [6, 6.07) is 10.5. The van der Waals surface area contributed by atoms with Crippen molar-refractivity contribution in [2.45, 2.75) is 33.9 Å². The molecule has 1 aliphatic heterocycles. The second-order valence-corrected chi connectivity index (χ2v) is 8.41. The van der Waals surface area contributed by atoms with E-state index in [9.17, 15) is 9.18 Å². The van der Waals surface area contributed by atoms with Crippen molar-refractivity contribution in [3.05, 3.63) is 76.2 Å². The Morgan fingerprint density at radius 2 is 1.68 bits per heavy atom. The lowest BCUT2D eigenvalue weighted by Gasteiger charge is -2.33. The maximum absolute atomic E-state index is 13.2. The summed E-state index contributed by atoms with van der Waals surface area (Å²) >= 11 is 0. The van der Waals surface area contributed by atoms with Gasteiger partial charge in [0.05, 0.1) is 18.8 Å². The lowest BCUT2D eigenvalue weighted by atomic mass is 10.1. The Kier molecular flexibility index (Phi) is 6.34. The number of carbonyl (C=O) groups is 1. The standard InChI is InChI=1S/C24H29FN4O2/c1-17-12-22(31-26-17)15-27-8-10-28(11-9-27)16-24(30)23-13-18(2)29(19(23)3)14-20-4-6-21(25)7-5-20/h4-7,12-13H,8-11,14-16H2,1-3H3. The maximum atomic E-state index is 13.2. The molecule has 2 aromatic heterocycles. The van der Waals surface area contributed by atoms with Crippen molar-refractivity contribution in [1.29, 1.82) is 0 Å². The monoisotopic (exact) mass is 424 g/mol. The average molecular weight is 425 g/mol. The fourth-order valence-corrected chi connectivity index (χ4v) is 4.20. The summed E-state index contributed by atoms with van der Waals surface area (Å²) in [4.78, 5) is 17.6. The van der Waals surface area contributed by atoms with Crippen molar-refractivity contribution >= 4 is 5.78 Å². The molecule has 0 amide bonds. The van der Waals surface area contributed by atoms with Gasteiger partial charge in [-0.05, 0) is 44.5 Å². The van der Waals surface area contributed by atoms with Crippen molar-refractivity contribution < 1.29 is 13.7 Å². The Morgan fingerprint density at radius 3 is 2.32 bits per heavy atom. The van der Waals surface area contributed by atoms with E-state index in [2.05, 4.69) is 19.5 Å². The fourth-order valence-electron chi connectivity index (χ4n) is 4.20. The Balaban J connectivity index is 1.34. The largest absolute Gasteiger partial charge is 0.360 e. The van der Waals surface area contributed by atoms with Crippen LogP contribution in [0.2, 0.25) is 0 Å². The van der Waals surface area contributed by atoms with Crippen molar-refractivity contribution in [2.75, 3.05) is 32.7 Å². The molecule has 0 spiro atoms. The van der Waals surface area contributed by atoms with Crippen molar-refractivity contribution in [2.24, 2.45) is 0 Å². The SMILES string of the molecule is Cc1cc(CN2CCN(CC(=O)c3cc(C)n(Cc4ccc(F)cc4)c3C)CC2)on1. The van der Waals surface area contributed by atoms with E-state index in [1.807, 2.05) is 32.9 Å². The molecule has 7 heteroatoms. The number of benzene rings is 1. The summed E-state index contributed by atoms with van der Waals surface area (Å²) in [5, 5.41) is 3.94. The summed E-state index contributed by atoms with van der Waals surface area (Å²) in [5.41, 5.74) is 4.69. The molecule has 3 heterocycles. The molecule has 6 nitrogen and oxygen atoms in total. The van der Waals surface area contributed by atoms with Crippen molar-refractivity contribution in [1.82, 2.24) is 19.5 Å². The fraction of sp³-hybridized carbons (Fsp3) is 0.417. The van der Waals surface area contributed by atoms with Crippen LogP contribution in [0.5, 0.6) is 0 Å². The normalized spacial score (nSPS) is 15.5. The number of rotatable bonds is 7. The first-order valence-electron chi connectivity index (χ1n) is 10.7. The van der Waals surface area contributed by atoms with E-state index in [1.54, 1.807) is 12.1 Å². The Labute approximate surface area is 182 Å². The first-order chi connectivity index (χ1) is 14.9. The van der Waals surface area contributed by atoms with Crippen LogP contribution in [0.25, 0.3) is 0 Å². The van der Waals surface area contributed by atoms with Gasteiger partial charge in [0.25, 0.3) is 0 Å². The van der Waals surface area contributed by atoms with Crippen LogP contribution in [-0.2, 0) is 13.1 Å². The molecule has 0 radical (unpaired) electrons. The van der Waals surface area contributed by atoms with E-state index in [0.717, 1.165) is 66.7 Å². The number of piperazine rings is 1. The number of ketones is 1. The molecule has 3 aromatic rings. The molecule has 0 aliphatic carbocycles. The van der Waals surface area contributed by atoms with E-state index in [4.69, 9.17) is 4.52 Å². The van der Waals surface area contributed by atoms with E-state index in [1.165, 1.54) is 12.1 Å². The molecule has 0 N–H and O–H groups in total. The topological polar surface area (TPSA) is 54.5 Å². The number of hydrogen-bond donors (Lipinski definition) is 0. The quantitative estimate of drug-likeness (QED) is 0.543. The number of aryl methyl sites for hydroxylation is 2. The Hall–Kier alpha value is -2.77. The van der Waals surface area contributed by atoms with E-state index in [-0.39, 0.29) is 11.6 Å². The highest BCUT2D eigenvalue weighted by molar-refractivity contribution is 5.99. The second-order valence-electron chi connectivity index (χ2n) is 8.41. The average Bonchev–Trinajstić information content (AvgIpc) is 3.28. The molecule has 1 saturated heterocycles. The first kappa shape index (κ1) is 21.5. The molecular formula is C24H29FN4O2. The van der Waals surface area contributed by atoms with Gasteiger partial charge in [0.15, 0.2) is 11.5 Å². The zero-order valence-electron chi connectivity index (χ0n) is 18.4. The maximum Gasteiger partial charge on any atom is 0.178 e. The van der Waals surface area contributed by atoms with Gasteiger partial charge in [0, 0.05) is 55.7 Å². The summed E-state index contributed by atoms with van der Waals surface area (Å²) in [7, 11) is 0. The van der Waals surface area contributed by atoms with Gasteiger partial charge in [-0.2, -0.15) is 0 Å². The number of nitrogens with zero attached hydrogens (tertiary/aromatic N) is 4. The van der Waals surface area contributed by atoms with Gasteiger partial charge >= 0.3 is 0 Å². The molecule has 1 fully saturated rings. The number of carbonyl (C=O) groups excluding carboxylic acids is 1. The first-order valence-corrected chi connectivity index (χ1v) is 10.7. The highest BCUT2D eigenvalue weighted by atomic mass is 19.1. The van der Waals surface area contributed by atoms with Crippen molar-refractivity contribution in [3.8, 4) is 0 Å². The molecule has 1 aliphatic rings. The minimum Gasteiger partial charge on any atom is -0.360 e. The third-order valence-corrected chi connectivity index (χ3v) is 6.02. The molecular weight excluding hydrogens is 395 g/mol. The smallest absolute Gasteiger partial charge is 0.178 e. The van der Waals surface area contributed by atoms with Crippen molar-refractivity contribution in [3.63, 3.8) is 0 Å². The summed E-state index contributed by atoms with van der Waals surface area (Å²) < 4.78 is 20.6. The summed E-state index contributed by atoms with van der Waals surface area (Å²) in [5.74, 6) is 0.796. The van der Waals surface area contributed by atoms with Crippen LogP contribution in [0.1, 0.15) is 38.8 Å². The molecule has 0 saturated carbocycles. The molecule has 4 rings (SSSR count). The van der Waals surface area contributed by atoms with Gasteiger partial charge in [-0.25, -0.2) is 4.39 Å². The number of aromatic nitrogens is 2. The molecule has 164 valence electrons. The van der Waals surface area contributed by atoms with E-state index >= 15 is 0 Å². The third kappa shape index (κ3) is 5.11. The number of halogens is 1. The molecule has 1 aromatic carbocycles. The van der Waals surface area contributed by atoms with Crippen LogP contribution >= 0.6 is 0 Å². The van der Waals surface area contributed by atoms with Crippen LogP contribution in [0.3, 0.4) is 0 Å². The highest BCUT2D eigenvalue weighted by Gasteiger charge is 2.23. The summed E-state index contributed by atoms with van der Waals surface area (Å²) in [6.45, 7) is 11.2. The summed E-state index contributed by atoms with van der Waals surface area (Å²) in [6.07, 6.45) is 0. The lowest BCUT2D eigenvalue weighted by Crippen LogP contribution is -2.47. The predicted molar refractivity (Wildman–Crippen MR) is 117 cm³/mol. The number of hydrogen-bond acceptors (Lipinski definition) is 5. The zero-order chi connectivity index (χ0) is 22.0. The molecule has 31 heavy (non-hydrogen) atoms. The number of Topliss-reactive ketones (excluding diaryl/α,β-unsaturated/α-hetero) is 1. The van der Waals surface area contributed by atoms with E-state index in [0.29, 0.717) is 13.1 Å². The zero-order valence-corrected chi connectivity index (χ0v) is 18.4. The van der Waals surface area contributed by atoms with Crippen LogP contribution in [0, 0.1) is 26.6 Å². The predicted octanol–water partition coefficient (Wildman–Crippen LogP) is 3.59. The van der Waals surface area contributed by atoms with Crippen LogP contribution < -0.4 is 0 Å². The van der Waals surface area contributed by atoms with Gasteiger partial charge in [-0.15, -0.1) is 0 Å². The van der Waals surface area contributed by atoms with Gasteiger partial charge in [0.1, 0.15) is 5.82 Å². The third-order valence-electron chi connectivity index (χ3n) is 6.02. The van der Waals surface area contributed by atoms with Gasteiger partial charge in [-0.3, -0.25) is 14.6 Å². The minimum absolute atomic E-state index is 0.151. The van der Waals surface area contributed by atoms with Gasteiger partial charge in [0.2, 0.25) is 0 Å². The van der Waals surface area contributed by atoms with Crippen LogP contribution in [-0.4, -0.2) is 58.0 Å². The van der Waals surface area contributed by atoms with E-state index < -0.39 is 0 Å². The Bertz CT molecular complexity index is 1050. The molecule has 0 bridgehead atoms. The second kappa shape index (κ2) is 9.16. The Morgan fingerprint density at radius 1 is 1.00 bits per heavy atom. The molecule has 0 atom stereocenters. The highest BCUT2D eigenvalue weighted by Crippen LogP contribution is 2.19.